The lowest BCUT2D eigenvalue weighted by Crippen LogP contribution is -2.43. The molecule has 182 valence electrons. The van der Waals surface area contributed by atoms with Crippen LogP contribution in [0.25, 0.3) is 0 Å². The molecule has 0 aromatic heterocycles. The normalized spacial score (nSPS) is 20.1. The minimum atomic E-state index is -1.22. The van der Waals surface area contributed by atoms with E-state index in [-0.39, 0.29) is 25.0 Å². The number of anilines is 1. The van der Waals surface area contributed by atoms with E-state index in [0.717, 1.165) is 22.9 Å². The topological polar surface area (TPSA) is 68.3 Å². The van der Waals surface area contributed by atoms with E-state index in [2.05, 4.69) is 19.6 Å². The number of hydroxylamine groups is 2. The number of ether oxygens (including phenoxy) is 2. The summed E-state index contributed by atoms with van der Waals surface area (Å²) in [5, 5.41) is 1.63. The van der Waals surface area contributed by atoms with Crippen molar-refractivity contribution in [2.24, 2.45) is 0 Å². The van der Waals surface area contributed by atoms with E-state index < -0.39 is 13.5 Å². The Bertz CT molecular complexity index is 1040. The number of rotatable bonds is 9. The largest absolute Gasteiger partial charge is 0.497 e. The Morgan fingerprint density at radius 2 is 1.88 bits per heavy atom. The molecule has 1 atom stereocenters. The second-order valence-corrected chi connectivity index (χ2v) is 15.9. The quantitative estimate of drug-likeness (QED) is 0.398. The second-order valence-electron chi connectivity index (χ2n) is 10.3. The predicted molar refractivity (Wildman–Crippen MR) is 134 cm³/mol. The van der Waals surface area contributed by atoms with Crippen LogP contribution >= 0.6 is 0 Å². The van der Waals surface area contributed by atoms with Crippen LogP contribution in [0.2, 0.25) is 25.7 Å². The van der Waals surface area contributed by atoms with Gasteiger partial charge in [-0.3, -0.25) is 9.69 Å². The number of benzene rings is 2. The van der Waals surface area contributed by atoms with E-state index >= 15 is 0 Å². The molecule has 7 nitrogen and oxygen atoms in total. The maximum absolute atomic E-state index is 13.7. The van der Waals surface area contributed by atoms with Gasteiger partial charge in [-0.2, -0.15) is 0 Å². The molecule has 1 amide bonds. The highest BCUT2D eigenvalue weighted by Gasteiger charge is 2.55. The molecule has 2 aromatic rings. The molecule has 1 saturated heterocycles. The highest BCUT2D eigenvalue weighted by atomic mass is 28.3. The molecule has 1 unspecified atom stereocenters. The summed E-state index contributed by atoms with van der Waals surface area (Å²) in [7, 11) is 0.399. The first-order valence-electron chi connectivity index (χ1n) is 11.8. The molecule has 4 rings (SSSR count). The van der Waals surface area contributed by atoms with Gasteiger partial charge in [0.05, 0.1) is 31.2 Å². The lowest BCUT2D eigenvalue weighted by Gasteiger charge is -2.24. The molecule has 2 aliphatic heterocycles. The fraction of sp³-hybridized carbons (Fsp3) is 0.462. The Morgan fingerprint density at radius 1 is 1.12 bits per heavy atom. The maximum Gasteiger partial charge on any atom is 0.329 e. The third kappa shape index (κ3) is 5.19. The monoisotopic (exact) mass is 482 g/mol. The van der Waals surface area contributed by atoms with Gasteiger partial charge in [0.25, 0.3) is 0 Å². The molecule has 1 fully saturated rings. The van der Waals surface area contributed by atoms with Crippen LogP contribution in [-0.2, 0) is 31.0 Å². The van der Waals surface area contributed by atoms with Crippen LogP contribution in [0.3, 0.4) is 0 Å². The van der Waals surface area contributed by atoms with Gasteiger partial charge in [0.1, 0.15) is 12.5 Å². The molecule has 2 heterocycles. The maximum atomic E-state index is 13.7. The summed E-state index contributed by atoms with van der Waals surface area (Å²) < 4.78 is 11.4. The van der Waals surface area contributed by atoms with Gasteiger partial charge in [-0.15, -0.1) is 5.06 Å². The second kappa shape index (κ2) is 9.89. The zero-order chi connectivity index (χ0) is 24.3. The Hall–Kier alpha value is -2.68. The lowest BCUT2D eigenvalue weighted by atomic mass is 9.81. The first kappa shape index (κ1) is 24.4. The van der Waals surface area contributed by atoms with Crippen molar-refractivity contribution >= 4 is 25.6 Å². The van der Waals surface area contributed by atoms with E-state index in [1.807, 2.05) is 48.5 Å². The summed E-state index contributed by atoms with van der Waals surface area (Å²) in [6.07, 6.45) is 0.760. The van der Waals surface area contributed by atoms with E-state index in [1.165, 1.54) is 0 Å². The van der Waals surface area contributed by atoms with Crippen molar-refractivity contribution in [3.63, 3.8) is 0 Å². The zero-order valence-electron chi connectivity index (χ0n) is 20.5. The molecule has 0 bridgehead atoms. The molecule has 2 aromatic carbocycles. The smallest absolute Gasteiger partial charge is 0.329 e. The van der Waals surface area contributed by atoms with Crippen molar-refractivity contribution in [3.8, 4) is 5.75 Å². The zero-order valence-corrected chi connectivity index (χ0v) is 21.5. The van der Waals surface area contributed by atoms with Crippen molar-refractivity contribution in [1.82, 2.24) is 5.06 Å². The first-order valence-corrected chi connectivity index (χ1v) is 15.5. The summed E-state index contributed by atoms with van der Waals surface area (Å²) in [6, 6.07) is 16.3. The van der Waals surface area contributed by atoms with Gasteiger partial charge in [-0.1, -0.05) is 50.0 Å². The van der Waals surface area contributed by atoms with E-state index in [4.69, 9.17) is 14.3 Å². The highest BCUT2D eigenvalue weighted by Crippen LogP contribution is 2.48. The predicted octanol–water partition coefficient (Wildman–Crippen LogP) is 4.00. The molecule has 2 aliphatic rings. The Morgan fingerprint density at radius 3 is 2.59 bits per heavy atom. The van der Waals surface area contributed by atoms with Crippen molar-refractivity contribution in [2.45, 2.75) is 43.9 Å². The molecular formula is C26H34N2O5Si. The van der Waals surface area contributed by atoms with Crippen LogP contribution in [0.4, 0.5) is 5.69 Å². The van der Waals surface area contributed by atoms with Crippen LogP contribution in [0.5, 0.6) is 5.75 Å². The van der Waals surface area contributed by atoms with Crippen LogP contribution in [0.15, 0.2) is 48.5 Å². The van der Waals surface area contributed by atoms with Crippen molar-refractivity contribution in [2.75, 3.05) is 38.4 Å². The Kier molecular flexibility index (Phi) is 7.11. The Balaban J connectivity index is 1.48. The van der Waals surface area contributed by atoms with Crippen LogP contribution < -0.4 is 9.64 Å². The fourth-order valence-corrected chi connectivity index (χ4v) is 5.35. The average Bonchev–Trinajstić information content (AvgIpc) is 3.31. The average molecular weight is 483 g/mol. The van der Waals surface area contributed by atoms with Crippen LogP contribution in [-0.4, -0.2) is 58.6 Å². The third-order valence-corrected chi connectivity index (χ3v) is 8.24. The summed E-state index contributed by atoms with van der Waals surface area (Å²) in [4.78, 5) is 33.7. The molecule has 0 saturated carbocycles. The lowest BCUT2D eigenvalue weighted by molar-refractivity contribution is -0.185. The summed E-state index contributed by atoms with van der Waals surface area (Å²) >= 11 is 0. The number of carbonyl (C=O) groups is 2. The molecule has 0 aliphatic carbocycles. The molecule has 34 heavy (non-hydrogen) atoms. The van der Waals surface area contributed by atoms with Crippen molar-refractivity contribution in [3.05, 3.63) is 59.7 Å². The highest BCUT2D eigenvalue weighted by molar-refractivity contribution is 6.76. The number of amides is 1. The van der Waals surface area contributed by atoms with Crippen molar-refractivity contribution in [1.29, 1.82) is 0 Å². The first-order chi connectivity index (χ1) is 16.2. The van der Waals surface area contributed by atoms with E-state index in [9.17, 15) is 9.59 Å². The van der Waals surface area contributed by atoms with Crippen LogP contribution in [0.1, 0.15) is 17.5 Å². The molecule has 8 heteroatoms. The molecule has 0 radical (unpaired) electrons. The number of hydrogen-bond donors (Lipinski definition) is 0. The SMILES string of the molecule is COc1ccc2c(c1)C1(CCN(OC(=O)Cc3ccccc3)C1)C(=O)N2COCC[Si](C)(C)C. The van der Waals surface area contributed by atoms with Gasteiger partial charge in [0, 0.05) is 21.2 Å². The third-order valence-electron chi connectivity index (χ3n) is 6.54. The summed E-state index contributed by atoms with van der Waals surface area (Å²) in [5.41, 5.74) is 1.87. The summed E-state index contributed by atoms with van der Waals surface area (Å²) in [6.45, 7) is 8.59. The molecular weight excluding hydrogens is 448 g/mol. The number of hydrogen-bond acceptors (Lipinski definition) is 6. The van der Waals surface area contributed by atoms with Crippen LogP contribution in [0, 0.1) is 0 Å². The minimum absolute atomic E-state index is 0.00892. The number of methoxy groups -OCH3 is 1. The number of nitrogens with zero attached hydrogens (tertiary/aromatic N) is 2. The van der Waals surface area contributed by atoms with Gasteiger partial charge in [0.2, 0.25) is 5.91 Å². The van der Waals surface area contributed by atoms with Gasteiger partial charge < -0.3 is 14.3 Å². The summed E-state index contributed by atoms with van der Waals surface area (Å²) in [5.74, 6) is 0.364. The standard InChI is InChI=1S/C26H34N2O5Si/c1-31-21-10-11-23-22(17-21)26(25(30)28(23)19-32-14-15-34(2,3)4)12-13-27(18-26)33-24(29)16-20-8-6-5-7-9-20/h5-11,17H,12-16,18-19H2,1-4H3. The van der Waals surface area contributed by atoms with Gasteiger partial charge >= 0.3 is 5.97 Å². The van der Waals surface area contributed by atoms with Crippen molar-refractivity contribution < 1.29 is 23.9 Å². The van der Waals surface area contributed by atoms with Gasteiger partial charge in [-0.05, 0) is 41.8 Å². The van der Waals surface area contributed by atoms with E-state index in [0.29, 0.717) is 31.9 Å². The molecule has 0 N–H and O–H groups in total. The number of fused-ring (bicyclic) bond motifs is 2. The molecule has 1 spiro atoms. The Labute approximate surface area is 202 Å². The number of carbonyl (C=O) groups excluding carboxylic acids is 2. The fourth-order valence-electron chi connectivity index (χ4n) is 4.59. The van der Waals surface area contributed by atoms with Gasteiger partial charge in [-0.25, -0.2) is 4.79 Å². The minimum Gasteiger partial charge on any atom is -0.497 e. The van der Waals surface area contributed by atoms with Gasteiger partial charge in [0.15, 0.2) is 0 Å². The van der Waals surface area contributed by atoms with E-state index in [1.54, 1.807) is 17.1 Å².